The third-order valence-electron chi connectivity index (χ3n) is 1.65. The smallest absolute Gasteiger partial charge is 0.404 e. The molecule has 1 aromatic rings. The number of alkyl halides is 5. The Balaban J connectivity index is 3.41. The lowest BCUT2D eigenvalue weighted by molar-refractivity contribution is -0.275. The van der Waals surface area contributed by atoms with E-state index in [0.29, 0.717) is 6.20 Å². The second-order valence-corrected chi connectivity index (χ2v) is 2.76. The number of anilines is 1. The molecule has 4 nitrogen and oxygen atoms in total. The zero-order chi connectivity index (χ0) is 13.2. The molecule has 0 fully saturated rings. The van der Waals surface area contributed by atoms with Crippen molar-refractivity contribution in [2.45, 2.75) is 12.8 Å². The normalized spacial score (nSPS) is 11.4. The SMILES string of the molecule is N#Cc1c(N)ncc(C(F)F)c1OC(F)(F)F. The van der Waals surface area contributed by atoms with Gasteiger partial charge in [0.25, 0.3) is 6.43 Å². The quantitative estimate of drug-likeness (QED) is 0.821. The maximum absolute atomic E-state index is 12.4. The Labute approximate surface area is 91.4 Å². The molecule has 0 aliphatic carbocycles. The number of aromatic nitrogens is 1. The minimum absolute atomic E-state index is 0.432. The predicted molar refractivity (Wildman–Crippen MR) is 45.0 cm³/mol. The van der Waals surface area contributed by atoms with E-state index in [1.165, 1.54) is 6.07 Å². The summed E-state index contributed by atoms with van der Waals surface area (Å²) >= 11 is 0. The Morgan fingerprint density at radius 3 is 2.41 bits per heavy atom. The van der Waals surface area contributed by atoms with E-state index in [-0.39, 0.29) is 0 Å². The van der Waals surface area contributed by atoms with E-state index in [4.69, 9.17) is 11.0 Å². The van der Waals surface area contributed by atoms with Crippen LogP contribution in [-0.2, 0) is 0 Å². The Kier molecular flexibility index (Phi) is 3.36. The average Bonchev–Trinajstić information content (AvgIpc) is 2.15. The van der Waals surface area contributed by atoms with E-state index < -0.39 is 35.5 Å². The summed E-state index contributed by atoms with van der Waals surface area (Å²) in [6, 6.07) is 1.24. The van der Waals surface area contributed by atoms with Gasteiger partial charge in [0.1, 0.15) is 17.5 Å². The lowest BCUT2D eigenvalue weighted by atomic mass is 10.1. The number of nitrogen functional groups attached to an aromatic ring is 1. The van der Waals surface area contributed by atoms with Crippen molar-refractivity contribution in [2.24, 2.45) is 0 Å². The molecule has 0 radical (unpaired) electrons. The third-order valence-corrected chi connectivity index (χ3v) is 1.65. The Morgan fingerprint density at radius 2 is 2.00 bits per heavy atom. The van der Waals surface area contributed by atoms with Gasteiger partial charge in [0, 0.05) is 6.20 Å². The van der Waals surface area contributed by atoms with Gasteiger partial charge >= 0.3 is 6.36 Å². The molecule has 0 saturated carbocycles. The Hall–Kier alpha value is -2.11. The molecule has 92 valence electrons. The molecule has 1 rings (SSSR count). The van der Waals surface area contributed by atoms with Gasteiger partial charge in [0.2, 0.25) is 0 Å². The molecule has 1 aromatic heterocycles. The lowest BCUT2D eigenvalue weighted by Gasteiger charge is -2.14. The zero-order valence-electron chi connectivity index (χ0n) is 7.92. The van der Waals surface area contributed by atoms with Crippen LogP contribution in [0, 0.1) is 11.3 Å². The second kappa shape index (κ2) is 4.40. The van der Waals surface area contributed by atoms with Gasteiger partial charge in [-0.2, -0.15) is 5.26 Å². The summed E-state index contributed by atoms with van der Waals surface area (Å²) in [5.74, 6) is -1.93. The van der Waals surface area contributed by atoms with Crippen LogP contribution in [0.4, 0.5) is 27.8 Å². The highest BCUT2D eigenvalue weighted by atomic mass is 19.4. The van der Waals surface area contributed by atoms with Gasteiger partial charge in [0.05, 0.1) is 5.56 Å². The Bertz CT molecular complexity index is 465. The van der Waals surface area contributed by atoms with Crippen molar-refractivity contribution in [2.75, 3.05) is 5.73 Å². The zero-order valence-corrected chi connectivity index (χ0v) is 7.92. The highest BCUT2D eigenvalue weighted by Crippen LogP contribution is 2.36. The fourth-order valence-corrected chi connectivity index (χ4v) is 1.01. The molecule has 0 unspecified atom stereocenters. The van der Waals surface area contributed by atoms with Crippen LogP contribution in [0.5, 0.6) is 5.75 Å². The molecule has 0 aromatic carbocycles. The number of pyridine rings is 1. The first-order valence-electron chi connectivity index (χ1n) is 3.98. The van der Waals surface area contributed by atoms with E-state index >= 15 is 0 Å². The van der Waals surface area contributed by atoms with Crippen LogP contribution >= 0.6 is 0 Å². The fraction of sp³-hybridized carbons (Fsp3) is 0.250. The van der Waals surface area contributed by atoms with E-state index in [2.05, 4.69) is 9.72 Å². The molecule has 1 heterocycles. The van der Waals surface area contributed by atoms with E-state index in [9.17, 15) is 22.0 Å². The maximum Gasteiger partial charge on any atom is 0.573 e. The minimum atomic E-state index is -5.21. The molecule has 0 aliphatic rings. The molecule has 2 N–H and O–H groups in total. The first kappa shape index (κ1) is 13.0. The van der Waals surface area contributed by atoms with Gasteiger partial charge in [-0.15, -0.1) is 13.2 Å². The maximum atomic E-state index is 12.4. The van der Waals surface area contributed by atoms with Crippen LogP contribution in [0.25, 0.3) is 0 Å². The fourth-order valence-electron chi connectivity index (χ4n) is 1.01. The van der Waals surface area contributed by atoms with E-state index in [0.717, 1.165) is 0 Å². The molecule has 9 heteroatoms. The van der Waals surface area contributed by atoms with E-state index in [1.54, 1.807) is 0 Å². The monoisotopic (exact) mass is 253 g/mol. The van der Waals surface area contributed by atoms with Gasteiger partial charge in [-0.25, -0.2) is 13.8 Å². The van der Waals surface area contributed by atoms with Crippen molar-refractivity contribution < 1.29 is 26.7 Å². The molecule has 0 aliphatic heterocycles. The summed E-state index contributed by atoms with van der Waals surface area (Å²) in [4.78, 5) is 3.19. The van der Waals surface area contributed by atoms with Gasteiger partial charge < -0.3 is 10.5 Å². The van der Waals surface area contributed by atoms with Crippen LogP contribution in [0.15, 0.2) is 6.20 Å². The Morgan fingerprint density at radius 1 is 1.41 bits per heavy atom. The van der Waals surface area contributed by atoms with Crippen molar-refractivity contribution in [3.8, 4) is 11.8 Å². The number of rotatable bonds is 2. The minimum Gasteiger partial charge on any atom is -0.404 e. The molecule has 0 saturated heterocycles. The number of nitrogens with two attached hydrogens (primary N) is 1. The average molecular weight is 253 g/mol. The van der Waals surface area contributed by atoms with Gasteiger partial charge in [-0.3, -0.25) is 0 Å². The van der Waals surface area contributed by atoms with Crippen molar-refractivity contribution in [3.63, 3.8) is 0 Å². The van der Waals surface area contributed by atoms with Crippen molar-refractivity contribution in [3.05, 3.63) is 17.3 Å². The summed E-state index contributed by atoms with van der Waals surface area (Å²) in [5, 5.41) is 8.54. The van der Waals surface area contributed by atoms with Crippen LogP contribution in [0.1, 0.15) is 17.6 Å². The second-order valence-electron chi connectivity index (χ2n) is 2.76. The van der Waals surface area contributed by atoms with Gasteiger partial charge in [-0.1, -0.05) is 0 Å². The number of nitriles is 1. The first-order valence-corrected chi connectivity index (χ1v) is 3.98. The molecule has 0 atom stereocenters. The first-order chi connectivity index (χ1) is 7.76. The van der Waals surface area contributed by atoms with Crippen LogP contribution in [0.3, 0.4) is 0 Å². The lowest BCUT2D eigenvalue weighted by Crippen LogP contribution is -2.19. The van der Waals surface area contributed by atoms with Crippen LogP contribution < -0.4 is 10.5 Å². The van der Waals surface area contributed by atoms with Crippen molar-refractivity contribution in [1.29, 1.82) is 5.26 Å². The molecule has 0 spiro atoms. The summed E-state index contributed by atoms with van der Waals surface area (Å²) < 4.78 is 64.2. The topological polar surface area (TPSA) is 71.9 Å². The molecular formula is C8H4F5N3O. The largest absolute Gasteiger partial charge is 0.573 e. The highest BCUT2D eigenvalue weighted by Gasteiger charge is 2.35. The highest BCUT2D eigenvalue weighted by molar-refractivity contribution is 5.59. The number of hydrogen-bond donors (Lipinski definition) is 1. The van der Waals surface area contributed by atoms with Gasteiger partial charge in [0.15, 0.2) is 5.75 Å². The number of nitrogens with zero attached hydrogens (tertiary/aromatic N) is 2. The van der Waals surface area contributed by atoms with Crippen LogP contribution in [0.2, 0.25) is 0 Å². The molecule has 0 amide bonds. The standard InChI is InChI=1S/C8H4F5N3O/c9-6(10)4-2-16-7(15)3(1-14)5(4)17-8(11,12)13/h2,6H,(H2,15,16). The number of halogens is 5. The summed E-state index contributed by atoms with van der Waals surface area (Å²) in [7, 11) is 0. The summed E-state index contributed by atoms with van der Waals surface area (Å²) in [6.45, 7) is 0. The molecular weight excluding hydrogens is 249 g/mol. The number of ether oxygens (including phenoxy) is 1. The third kappa shape index (κ3) is 2.93. The van der Waals surface area contributed by atoms with Gasteiger partial charge in [-0.05, 0) is 0 Å². The van der Waals surface area contributed by atoms with Crippen molar-refractivity contribution >= 4 is 5.82 Å². The van der Waals surface area contributed by atoms with E-state index in [1.807, 2.05) is 0 Å². The summed E-state index contributed by atoms with van der Waals surface area (Å²) in [6.07, 6.45) is -8.04. The predicted octanol–water partition coefficient (Wildman–Crippen LogP) is 2.37. The summed E-state index contributed by atoms with van der Waals surface area (Å²) in [5.41, 5.74) is 3.07. The van der Waals surface area contributed by atoms with Crippen molar-refractivity contribution in [1.82, 2.24) is 4.98 Å². The van der Waals surface area contributed by atoms with Crippen LogP contribution in [-0.4, -0.2) is 11.3 Å². The molecule has 0 bridgehead atoms. The number of hydrogen-bond acceptors (Lipinski definition) is 4. The molecule has 17 heavy (non-hydrogen) atoms.